The zero-order chi connectivity index (χ0) is 26.6. The number of carboxylic acid groups (broad SMARTS) is 1. The van der Waals surface area contributed by atoms with Crippen molar-refractivity contribution in [2.75, 3.05) is 23.6 Å². The number of carbonyl (C=O) groups is 1. The fourth-order valence-electron chi connectivity index (χ4n) is 4.42. The van der Waals surface area contributed by atoms with Crippen LogP contribution in [0.3, 0.4) is 0 Å². The zero-order valence-corrected chi connectivity index (χ0v) is 20.7. The quantitative estimate of drug-likeness (QED) is 0.355. The van der Waals surface area contributed by atoms with Crippen LogP contribution < -0.4 is 10.0 Å². The highest BCUT2D eigenvalue weighted by Crippen LogP contribution is 2.31. The smallest absolute Gasteiger partial charge is 0.416 e. The predicted octanol–water partition coefficient (Wildman–Crippen LogP) is 5.52. The number of piperidine rings is 1. The van der Waals surface area contributed by atoms with Gasteiger partial charge in [0.25, 0.3) is 0 Å². The molecule has 6 nitrogen and oxygen atoms in total. The number of carboxylic acids is 1. The second kappa shape index (κ2) is 10.9. The molecule has 10 heteroatoms. The Morgan fingerprint density at radius 3 is 2.19 bits per heavy atom. The van der Waals surface area contributed by atoms with Crippen LogP contribution in [0.15, 0.2) is 66.7 Å². The zero-order valence-electron chi connectivity index (χ0n) is 19.9. The predicted molar refractivity (Wildman–Crippen MR) is 136 cm³/mol. The number of sulfonamides is 1. The first-order chi connectivity index (χ1) is 17.5. The molecule has 196 valence electrons. The molecule has 3 N–H and O–H groups in total. The lowest BCUT2D eigenvalue weighted by molar-refractivity contribution is -0.137. The summed E-state index contributed by atoms with van der Waals surface area (Å²) in [6, 6.07) is 16.5. The Bertz CT molecular complexity index is 1350. The molecule has 3 aromatic rings. The molecular formula is C27H27F3N2O4S. The highest BCUT2D eigenvalue weighted by molar-refractivity contribution is 7.92. The van der Waals surface area contributed by atoms with E-state index in [4.69, 9.17) is 0 Å². The number of rotatable bonds is 8. The summed E-state index contributed by atoms with van der Waals surface area (Å²) in [4.78, 5) is 11.7. The van der Waals surface area contributed by atoms with E-state index in [9.17, 15) is 31.5 Å². The van der Waals surface area contributed by atoms with E-state index in [-0.39, 0.29) is 23.4 Å². The van der Waals surface area contributed by atoms with Gasteiger partial charge in [0.15, 0.2) is 0 Å². The number of aryl methyl sites for hydroxylation is 1. The summed E-state index contributed by atoms with van der Waals surface area (Å²) in [7, 11) is -3.91. The van der Waals surface area contributed by atoms with Crippen molar-refractivity contribution in [2.24, 2.45) is 0 Å². The Balaban J connectivity index is 1.50. The van der Waals surface area contributed by atoms with Gasteiger partial charge in [-0.05, 0) is 90.9 Å². The second-order valence-corrected chi connectivity index (χ2v) is 11.0. The number of hydrogen-bond acceptors (Lipinski definition) is 4. The van der Waals surface area contributed by atoms with Gasteiger partial charge in [0.1, 0.15) is 0 Å². The number of alkyl halides is 3. The summed E-state index contributed by atoms with van der Waals surface area (Å²) in [5.74, 6) is -1.11. The molecule has 0 bridgehead atoms. The number of nitrogens with one attached hydrogen (secondary N) is 2. The minimum Gasteiger partial charge on any atom is -0.478 e. The van der Waals surface area contributed by atoms with Gasteiger partial charge >= 0.3 is 12.1 Å². The highest BCUT2D eigenvalue weighted by Gasteiger charge is 2.30. The molecule has 0 aromatic heterocycles. The summed E-state index contributed by atoms with van der Waals surface area (Å²) in [6.07, 6.45) is -2.37. The molecule has 0 atom stereocenters. The van der Waals surface area contributed by atoms with Crippen LogP contribution in [0.1, 0.15) is 45.8 Å². The summed E-state index contributed by atoms with van der Waals surface area (Å²) < 4.78 is 66.0. The molecule has 0 saturated carbocycles. The number of aromatic carboxylic acids is 1. The average Bonchev–Trinajstić information content (AvgIpc) is 2.87. The van der Waals surface area contributed by atoms with Crippen LogP contribution in [0.2, 0.25) is 0 Å². The molecule has 0 radical (unpaired) electrons. The van der Waals surface area contributed by atoms with Crippen LogP contribution >= 0.6 is 0 Å². The number of hydrogen-bond donors (Lipinski definition) is 3. The molecule has 1 saturated heterocycles. The third-order valence-corrected chi connectivity index (χ3v) is 7.74. The first-order valence-electron chi connectivity index (χ1n) is 11.9. The highest BCUT2D eigenvalue weighted by atomic mass is 32.2. The van der Waals surface area contributed by atoms with E-state index in [0.717, 1.165) is 43.6 Å². The van der Waals surface area contributed by atoms with Crippen LogP contribution in [0.5, 0.6) is 0 Å². The van der Waals surface area contributed by atoms with E-state index in [1.165, 1.54) is 29.8 Å². The minimum atomic E-state index is -4.47. The molecule has 1 aliphatic rings. The average molecular weight is 533 g/mol. The van der Waals surface area contributed by atoms with Gasteiger partial charge in [0.05, 0.1) is 16.9 Å². The molecular weight excluding hydrogens is 505 g/mol. The Morgan fingerprint density at radius 1 is 0.946 bits per heavy atom. The molecule has 1 heterocycles. The fraction of sp³-hybridized carbons (Fsp3) is 0.296. The van der Waals surface area contributed by atoms with Crippen LogP contribution in [0, 0.1) is 0 Å². The lowest BCUT2D eigenvalue weighted by Crippen LogP contribution is -2.26. The van der Waals surface area contributed by atoms with Crippen molar-refractivity contribution in [2.45, 2.75) is 31.4 Å². The lowest BCUT2D eigenvalue weighted by atomic mass is 9.89. The van der Waals surface area contributed by atoms with Crippen molar-refractivity contribution < 1.29 is 31.5 Å². The topological polar surface area (TPSA) is 95.5 Å². The third-order valence-electron chi connectivity index (χ3n) is 6.45. The SMILES string of the molecule is O=C(O)c1cc(NS(=O)(=O)CCc2ccc(C(F)(F)F)cc2)cc(-c2ccc(C3CCNCC3)cc2)c1. The standard InChI is InChI=1S/C27H27F3N2O4S/c28-27(29,30)24-7-1-18(2-8-24)11-14-37(35,36)32-25-16-22(15-23(17-25)26(33)34)20-5-3-19(4-6-20)21-9-12-31-13-10-21/h1-8,15-17,21,31-32H,9-14H2,(H,33,34). The molecule has 37 heavy (non-hydrogen) atoms. The van der Waals surface area contributed by atoms with Gasteiger partial charge < -0.3 is 10.4 Å². The van der Waals surface area contributed by atoms with Gasteiger partial charge in [0, 0.05) is 5.69 Å². The maximum Gasteiger partial charge on any atom is 0.416 e. The normalized spacial score (nSPS) is 14.9. The molecule has 4 rings (SSSR count). The van der Waals surface area contributed by atoms with Crippen LogP contribution in [-0.4, -0.2) is 38.3 Å². The Kier molecular flexibility index (Phi) is 7.89. The Morgan fingerprint density at radius 2 is 1.59 bits per heavy atom. The summed E-state index contributed by atoms with van der Waals surface area (Å²) in [5.41, 5.74) is 2.18. The number of benzene rings is 3. The molecule has 0 unspecified atom stereocenters. The maximum atomic E-state index is 12.7. The Labute approximate surface area is 213 Å². The first kappa shape index (κ1) is 26.7. The minimum absolute atomic E-state index is 0.00288. The van der Waals surface area contributed by atoms with E-state index < -0.39 is 27.7 Å². The van der Waals surface area contributed by atoms with Crippen LogP contribution in [0.4, 0.5) is 18.9 Å². The van der Waals surface area contributed by atoms with E-state index in [1.54, 1.807) is 6.07 Å². The van der Waals surface area contributed by atoms with Crippen molar-refractivity contribution in [3.8, 4) is 11.1 Å². The van der Waals surface area contributed by atoms with Crippen molar-refractivity contribution >= 4 is 21.7 Å². The summed E-state index contributed by atoms with van der Waals surface area (Å²) in [5, 5.41) is 12.9. The van der Waals surface area contributed by atoms with Crippen molar-refractivity contribution in [3.05, 3.63) is 89.0 Å². The van der Waals surface area contributed by atoms with E-state index >= 15 is 0 Å². The van der Waals surface area contributed by atoms with Crippen molar-refractivity contribution in [3.63, 3.8) is 0 Å². The Hall–Kier alpha value is -3.37. The van der Waals surface area contributed by atoms with Crippen molar-refractivity contribution in [1.82, 2.24) is 5.32 Å². The van der Waals surface area contributed by atoms with Gasteiger partial charge in [-0.2, -0.15) is 13.2 Å². The molecule has 0 spiro atoms. The number of anilines is 1. The molecule has 0 amide bonds. The first-order valence-corrected chi connectivity index (χ1v) is 13.5. The molecule has 1 aliphatic heterocycles. The van der Waals surface area contributed by atoms with Crippen molar-refractivity contribution in [1.29, 1.82) is 0 Å². The monoisotopic (exact) mass is 532 g/mol. The van der Waals surface area contributed by atoms with Gasteiger partial charge in [-0.25, -0.2) is 13.2 Å². The van der Waals surface area contributed by atoms with E-state index in [1.807, 2.05) is 24.3 Å². The van der Waals surface area contributed by atoms with Gasteiger partial charge in [-0.15, -0.1) is 0 Å². The summed E-state index contributed by atoms with van der Waals surface area (Å²) >= 11 is 0. The lowest BCUT2D eigenvalue weighted by Gasteiger charge is -2.23. The molecule has 0 aliphatic carbocycles. The summed E-state index contributed by atoms with van der Waals surface area (Å²) in [6.45, 7) is 1.94. The third kappa shape index (κ3) is 7.11. The van der Waals surface area contributed by atoms with Gasteiger partial charge in [0.2, 0.25) is 10.0 Å². The molecule has 3 aromatic carbocycles. The van der Waals surface area contributed by atoms with E-state index in [0.29, 0.717) is 17.0 Å². The van der Waals surface area contributed by atoms with Crippen LogP contribution in [-0.2, 0) is 22.6 Å². The second-order valence-electron chi connectivity index (χ2n) is 9.12. The fourth-order valence-corrected chi connectivity index (χ4v) is 5.51. The maximum absolute atomic E-state index is 12.7. The van der Waals surface area contributed by atoms with Crippen LogP contribution in [0.25, 0.3) is 11.1 Å². The van der Waals surface area contributed by atoms with Gasteiger partial charge in [-0.1, -0.05) is 36.4 Å². The van der Waals surface area contributed by atoms with E-state index in [2.05, 4.69) is 10.0 Å². The largest absolute Gasteiger partial charge is 0.478 e. The van der Waals surface area contributed by atoms with Gasteiger partial charge in [-0.3, -0.25) is 4.72 Å². The molecule has 1 fully saturated rings. The number of halogens is 3.